The number of amides is 1. The number of aryl methyl sites for hydroxylation is 1. The zero-order valence-corrected chi connectivity index (χ0v) is 22.3. The minimum atomic E-state index is -4.70. The number of ether oxygens (including phenoxy) is 3. The molecule has 4 heterocycles. The molecule has 0 unspecified atom stereocenters. The number of halogens is 5. The van der Waals surface area contributed by atoms with E-state index in [1.165, 1.54) is 17.3 Å². The van der Waals surface area contributed by atoms with Crippen LogP contribution in [0, 0.1) is 0 Å². The topological polar surface area (TPSA) is 129 Å². The van der Waals surface area contributed by atoms with Crippen LogP contribution in [0.4, 0.5) is 38.5 Å². The molecular weight excluding hydrogens is 571 g/mol. The van der Waals surface area contributed by atoms with E-state index in [-0.39, 0.29) is 31.0 Å². The molecule has 1 aliphatic heterocycles. The number of hydrogen-bond acceptors (Lipinski definition) is 10. The van der Waals surface area contributed by atoms with Gasteiger partial charge in [-0.2, -0.15) is 23.3 Å². The fourth-order valence-corrected chi connectivity index (χ4v) is 4.58. The minimum absolute atomic E-state index is 0.0362. The molecule has 42 heavy (non-hydrogen) atoms. The Bertz CT molecular complexity index is 1360. The first-order valence-corrected chi connectivity index (χ1v) is 13.1. The van der Waals surface area contributed by atoms with E-state index < -0.39 is 48.9 Å². The van der Waals surface area contributed by atoms with Gasteiger partial charge in [-0.1, -0.05) is 0 Å². The van der Waals surface area contributed by atoms with Crippen LogP contribution in [0.1, 0.15) is 31.2 Å². The van der Waals surface area contributed by atoms with Gasteiger partial charge in [0, 0.05) is 31.5 Å². The third kappa shape index (κ3) is 7.00. The van der Waals surface area contributed by atoms with Crippen molar-refractivity contribution in [2.75, 3.05) is 30.0 Å². The Balaban J connectivity index is 1.27. The highest BCUT2D eigenvalue weighted by Crippen LogP contribution is 2.36. The Labute approximate surface area is 236 Å². The molecule has 0 aromatic carbocycles. The van der Waals surface area contributed by atoms with E-state index in [9.17, 15) is 26.7 Å². The van der Waals surface area contributed by atoms with Crippen LogP contribution >= 0.6 is 0 Å². The van der Waals surface area contributed by atoms with Gasteiger partial charge in [-0.15, -0.1) is 0 Å². The second-order valence-corrected chi connectivity index (χ2v) is 9.81. The van der Waals surface area contributed by atoms with Crippen LogP contribution in [0.3, 0.4) is 0 Å². The maximum Gasteiger partial charge on any atom is 0.423 e. The van der Waals surface area contributed by atoms with Crippen molar-refractivity contribution < 1.29 is 41.0 Å². The van der Waals surface area contributed by atoms with Gasteiger partial charge in [-0.3, -0.25) is 9.58 Å². The van der Waals surface area contributed by atoms with Gasteiger partial charge in [0.2, 0.25) is 11.8 Å². The molecule has 3 aromatic rings. The van der Waals surface area contributed by atoms with Gasteiger partial charge < -0.3 is 19.5 Å². The molecule has 0 radical (unpaired) electrons. The molecule has 226 valence electrons. The number of anilines is 2. The van der Waals surface area contributed by atoms with Crippen molar-refractivity contribution in [1.82, 2.24) is 29.7 Å². The van der Waals surface area contributed by atoms with Crippen LogP contribution < -0.4 is 15.0 Å². The number of carbonyl (C=O) groups excluding carboxylic acids is 1. The third-order valence-corrected chi connectivity index (χ3v) is 6.73. The second-order valence-electron chi connectivity index (χ2n) is 9.81. The molecular formula is C25H27F5N8O4. The Morgan fingerprint density at radius 1 is 1.12 bits per heavy atom. The fourth-order valence-electron chi connectivity index (χ4n) is 4.58. The van der Waals surface area contributed by atoms with Crippen molar-refractivity contribution in [2.24, 2.45) is 7.05 Å². The highest BCUT2D eigenvalue weighted by atomic mass is 19.4. The number of alkyl halides is 5. The smallest absolute Gasteiger partial charge is 0.423 e. The third-order valence-electron chi connectivity index (χ3n) is 6.73. The normalized spacial score (nSPS) is 19.3. The molecule has 1 saturated heterocycles. The van der Waals surface area contributed by atoms with Gasteiger partial charge in [-0.25, -0.2) is 28.5 Å². The predicted molar refractivity (Wildman–Crippen MR) is 136 cm³/mol. The number of carbonyl (C=O) groups is 1. The molecule has 1 saturated carbocycles. The molecule has 0 bridgehead atoms. The zero-order chi connectivity index (χ0) is 29.9. The lowest BCUT2D eigenvalue weighted by Crippen LogP contribution is -2.45. The Hall–Kier alpha value is -4.15. The van der Waals surface area contributed by atoms with E-state index in [1.54, 1.807) is 24.0 Å². The summed E-state index contributed by atoms with van der Waals surface area (Å²) < 4.78 is 82.6. The molecule has 2 fully saturated rings. The van der Waals surface area contributed by atoms with E-state index in [1.807, 2.05) is 0 Å². The lowest BCUT2D eigenvalue weighted by Gasteiger charge is -2.35. The lowest BCUT2D eigenvalue weighted by atomic mass is 9.90. The molecule has 0 spiro atoms. The lowest BCUT2D eigenvalue weighted by molar-refractivity contribution is -0.142. The van der Waals surface area contributed by atoms with E-state index in [4.69, 9.17) is 14.2 Å². The van der Waals surface area contributed by atoms with Crippen LogP contribution in [0.15, 0.2) is 30.9 Å². The van der Waals surface area contributed by atoms with Gasteiger partial charge >= 0.3 is 12.3 Å². The first-order valence-electron chi connectivity index (χ1n) is 13.1. The summed E-state index contributed by atoms with van der Waals surface area (Å²) in [5.41, 5.74) is -0.0651. The van der Waals surface area contributed by atoms with Crippen molar-refractivity contribution in [2.45, 2.75) is 56.5 Å². The minimum Gasteiger partial charge on any atom is -0.469 e. The SMILES string of the molecule is Cn1ccc(-c2cnc(N(C(=O)OCC(F)F)C3CCC(Nc4ncc(C(F)(F)F)c(OC5COC5)n4)CC3)cn2)n1. The maximum atomic E-state index is 13.4. The van der Waals surface area contributed by atoms with Gasteiger partial charge in [-0.05, 0) is 31.7 Å². The molecule has 0 atom stereocenters. The first-order chi connectivity index (χ1) is 20.1. The summed E-state index contributed by atoms with van der Waals surface area (Å²) in [6.45, 7) is -0.741. The second kappa shape index (κ2) is 12.4. The molecule has 1 aliphatic carbocycles. The van der Waals surface area contributed by atoms with Crippen molar-refractivity contribution in [3.8, 4) is 17.3 Å². The van der Waals surface area contributed by atoms with E-state index >= 15 is 0 Å². The van der Waals surface area contributed by atoms with Gasteiger partial charge in [0.25, 0.3) is 6.43 Å². The summed E-state index contributed by atoms with van der Waals surface area (Å²) in [6, 6.07) is 1.04. The van der Waals surface area contributed by atoms with Crippen LogP contribution in [0.25, 0.3) is 11.4 Å². The summed E-state index contributed by atoms with van der Waals surface area (Å²) in [5.74, 6) is -0.494. The quantitative estimate of drug-likeness (QED) is 0.360. The summed E-state index contributed by atoms with van der Waals surface area (Å²) >= 11 is 0. The standard InChI is InChI=1S/C25H27F5N8O4/c1-37-7-6-18(36-37)19-9-32-21(10-31-19)38(24(39)41-13-20(26)27)15-4-2-14(3-5-15)34-23-33-8-17(25(28,29)30)22(35-23)42-16-11-40-12-16/h6-10,14-16,20H,2-5,11-13H2,1H3,(H,33,34,35). The molecule has 5 rings (SSSR count). The summed E-state index contributed by atoms with van der Waals surface area (Å²) in [4.78, 5) is 30.5. The monoisotopic (exact) mass is 598 g/mol. The van der Waals surface area contributed by atoms with Crippen molar-refractivity contribution in [3.05, 3.63) is 36.4 Å². The Morgan fingerprint density at radius 3 is 2.45 bits per heavy atom. The first kappa shape index (κ1) is 29.3. The van der Waals surface area contributed by atoms with Gasteiger partial charge in [0.1, 0.15) is 23.1 Å². The molecule has 2 aliphatic rings. The van der Waals surface area contributed by atoms with Crippen LogP contribution in [0.5, 0.6) is 5.88 Å². The van der Waals surface area contributed by atoms with Gasteiger partial charge in [0.05, 0.1) is 25.6 Å². The Morgan fingerprint density at radius 2 is 1.88 bits per heavy atom. The molecule has 17 heteroatoms. The highest BCUT2D eigenvalue weighted by Gasteiger charge is 2.38. The number of nitrogens with one attached hydrogen (secondary N) is 1. The fraction of sp³-hybridized carbons (Fsp3) is 0.520. The molecule has 1 amide bonds. The maximum absolute atomic E-state index is 13.4. The van der Waals surface area contributed by atoms with Crippen molar-refractivity contribution in [3.63, 3.8) is 0 Å². The Kier molecular flexibility index (Phi) is 8.65. The average Bonchev–Trinajstić information content (AvgIpc) is 3.37. The van der Waals surface area contributed by atoms with E-state index in [0.717, 1.165) is 0 Å². The van der Waals surface area contributed by atoms with Crippen LogP contribution in [0.2, 0.25) is 0 Å². The van der Waals surface area contributed by atoms with Crippen LogP contribution in [-0.2, 0) is 22.7 Å². The molecule has 1 N–H and O–H groups in total. The van der Waals surface area contributed by atoms with Crippen molar-refractivity contribution >= 4 is 17.9 Å². The van der Waals surface area contributed by atoms with E-state index in [0.29, 0.717) is 43.3 Å². The number of rotatable bonds is 9. The highest BCUT2D eigenvalue weighted by molar-refractivity contribution is 5.87. The van der Waals surface area contributed by atoms with Gasteiger partial charge in [0.15, 0.2) is 12.4 Å². The molecule has 3 aromatic heterocycles. The largest absolute Gasteiger partial charge is 0.469 e. The molecule has 12 nitrogen and oxygen atoms in total. The summed E-state index contributed by atoms with van der Waals surface area (Å²) in [7, 11) is 1.75. The number of hydrogen-bond donors (Lipinski definition) is 1. The average molecular weight is 599 g/mol. The summed E-state index contributed by atoms with van der Waals surface area (Å²) in [6.07, 6.45) is -2.16. The number of aromatic nitrogens is 6. The van der Waals surface area contributed by atoms with Crippen LogP contribution in [-0.4, -0.2) is 80.2 Å². The van der Waals surface area contributed by atoms with E-state index in [2.05, 4.69) is 30.4 Å². The predicted octanol–water partition coefficient (Wildman–Crippen LogP) is 4.09. The summed E-state index contributed by atoms with van der Waals surface area (Å²) in [5, 5.41) is 7.29. The number of nitrogens with zero attached hydrogens (tertiary/aromatic N) is 7. The van der Waals surface area contributed by atoms with Crippen molar-refractivity contribution in [1.29, 1.82) is 0 Å². The zero-order valence-electron chi connectivity index (χ0n) is 22.3.